The lowest BCUT2D eigenvalue weighted by molar-refractivity contribution is -0.155. The molecule has 2 heterocycles. The minimum atomic E-state index is -1.31. The lowest BCUT2D eigenvalue weighted by Gasteiger charge is -2.42. The monoisotopic (exact) mass is 516 g/mol. The maximum Gasteiger partial charge on any atom is 0.358 e. The molecule has 198 valence electrons. The predicted molar refractivity (Wildman–Crippen MR) is 126 cm³/mol. The fourth-order valence-corrected chi connectivity index (χ4v) is 3.96. The molecule has 0 unspecified atom stereocenters. The van der Waals surface area contributed by atoms with Gasteiger partial charge in [0.2, 0.25) is 17.7 Å². The third kappa shape index (κ3) is 6.59. The first-order valence-electron chi connectivity index (χ1n) is 11.7. The van der Waals surface area contributed by atoms with Gasteiger partial charge in [0, 0.05) is 30.6 Å². The average molecular weight is 517 g/mol. The van der Waals surface area contributed by atoms with Crippen molar-refractivity contribution in [3.05, 3.63) is 29.8 Å². The lowest BCUT2D eigenvalue weighted by Crippen LogP contribution is -2.64. The van der Waals surface area contributed by atoms with E-state index in [1.54, 1.807) is 6.92 Å². The molecular formula is C23H28N6O8. The van der Waals surface area contributed by atoms with E-state index in [2.05, 4.69) is 16.1 Å². The van der Waals surface area contributed by atoms with Crippen LogP contribution in [0.2, 0.25) is 0 Å². The van der Waals surface area contributed by atoms with Crippen LogP contribution in [0.3, 0.4) is 0 Å². The molecule has 0 aromatic heterocycles. The molecule has 0 aliphatic carbocycles. The average Bonchev–Trinajstić information content (AvgIpc) is 3.00. The number of urea groups is 1. The molecule has 2 saturated heterocycles. The highest BCUT2D eigenvalue weighted by atomic mass is 16.4. The van der Waals surface area contributed by atoms with Crippen molar-refractivity contribution in [2.45, 2.75) is 51.1 Å². The van der Waals surface area contributed by atoms with Gasteiger partial charge >= 0.3 is 12.0 Å². The highest BCUT2D eigenvalue weighted by molar-refractivity contribution is 5.98. The second-order valence-corrected chi connectivity index (χ2v) is 8.47. The zero-order valence-electron chi connectivity index (χ0n) is 20.1. The Morgan fingerprint density at radius 1 is 1.14 bits per heavy atom. The number of aldehydes is 1. The van der Waals surface area contributed by atoms with E-state index in [1.807, 2.05) is 0 Å². The number of carboxylic acids is 1. The topological polar surface area (TPSA) is 186 Å². The summed E-state index contributed by atoms with van der Waals surface area (Å²) in [6.45, 7) is 1.73. The standard InChI is InChI=1S/C23H28N6O8/c1-2-18(31)24-15-7-5-14(6-8-15)21(35)26-27-11-9-19(32)28-10-3-4-17(29(28)23(27)37)22(36)25-16(13-30)12-20(33)34/h5-8,13,16-17H,2-4,9-12H2,1H3,(H,24,31)(H,25,36)(H,26,35)(H,33,34)/t16-,17-/m0/s1. The van der Waals surface area contributed by atoms with E-state index in [-0.39, 0.29) is 43.7 Å². The molecule has 4 N–H and O–H groups in total. The van der Waals surface area contributed by atoms with Gasteiger partial charge in [-0.05, 0) is 37.1 Å². The maximum atomic E-state index is 13.4. The molecule has 3 rings (SSSR count). The SMILES string of the molecule is CCC(=O)Nc1ccc(C(=O)NN2CCC(=O)N3CCC[C@@H](C(=O)N[C@H](C=O)CC(=O)O)N3C2=O)cc1. The van der Waals surface area contributed by atoms with E-state index in [9.17, 15) is 33.6 Å². The number of carboxylic acid groups (broad SMARTS) is 1. The predicted octanol–water partition coefficient (Wildman–Crippen LogP) is -0.128. The number of rotatable bonds is 9. The van der Waals surface area contributed by atoms with Gasteiger partial charge in [-0.2, -0.15) is 0 Å². The zero-order valence-corrected chi connectivity index (χ0v) is 20.1. The number of hydrogen-bond donors (Lipinski definition) is 4. The minimum Gasteiger partial charge on any atom is -0.481 e. The number of anilines is 1. The van der Waals surface area contributed by atoms with Crippen molar-refractivity contribution in [3.8, 4) is 0 Å². The number of benzene rings is 1. The van der Waals surface area contributed by atoms with Crippen molar-refractivity contribution in [2.24, 2.45) is 0 Å². The summed E-state index contributed by atoms with van der Waals surface area (Å²) in [6.07, 6.45) is 0.377. The molecule has 1 aromatic carbocycles. The van der Waals surface area contributed by atoms with Gasteiger partial charge in [0.25, 0.3) is 5.91 Å². The van der Waals surface area contributed by atoms with E-state index < -0.39 is 48.2 Å². The number of hydrazine groups is 2. The van der Waals surface area contributed by atoms with Gasteiger partial charge in [0.05, 0.1) is 19.0 Å². The van der Waals surface area contributed by atoms with Crippen LogP contribution in [0.4, 0.5) is 10.5 Å². The minimum absolute atomic E-state index is 0.116. The number of carbonyl (C=O) groups is 7. The van der Waals surface area contributed by atoms with Crippen LogP contribution < -0.4 is 16.1 Å². The summed E-state index contributed by atoms with van der Waals surface area (Å²) >= 11 is 0. The van der Waals surface area contributed by atoms with Crippen LogP contribution in [0.25, 0.3) is 0 Å². The van der Waals surface area contributed by atoms with Gasteiger partial charge in [0.1, 0.15) is 12.3 Å². The van der Waals surface area contributed by atoms with Crippen LogP contribution in [0.1, 0.15) is 49.4 Å². The van der Waals surface area contributed by atoms with Crippen molar-refractivity contribution in [3.63, 3.8) is 0 Å². The van der Waals surface area contributed by atoms with Gasteiger partial charge in [-0.15, -0.1) is 0 Å². The van der Waals surface area contributed by atoms with Crippen molar-refractivity contribution in [1.82, 2.24) is 25.8 Å². The van der Waals surface area contributed by atoms with Gasteiger partial charge in [0.15, 0.2) is 0 Å². The molecule has 2 fully saturated rings. The molecule has 2 aliphatic rings. The van der Waals surface area contributed by atoms with Crippen LogP contribution in [-0.4, -0.2) is 87.2 Å². The number of amides is 6. The first-order chi connectivity index (χ1) is 17.6. The van der Waals surface area contributed by atoms with Crippen LogP contribution in [0.5, 0.6) is 0 Å². The molecule has 6 amide bonds. The number of fused-ring (bicyclic) bond motifs is 1. The molecule has 37 heavy (non-hydrogen) atoms. The number of nitrogens with zero attached hydrogens (tertiary/aromatic N) is 3. The van der Waals surface area contributed by atoms with Crippen molar-refractivity contribution in [1.29, 1.82) is 0 Å². The Labute approximate surface area is 211 Å². The lowest BCUT2D eigenvalue weighted by atomic mass is 10.1. The number of nitrogens with one attached hydrogen (secondary N) is 3. The molecule has 14 heteroatoms. The second-order valence-electron chi connectivity index (χ2n) is 8.47. The number of carbonyl (C=O) groups excluding carboxylic acids is 6. The maximum absolute atomic E-state index is 13.4. The first-order valence-corrected chi connectivity index (χ1v) is 11.7. The summed E-state index contributed by atoms with van der Waals surface area (Å²) in [5, 5.41) is 16.9. The molecule has 0 spiro atoms. The van der Waals surface area contributed by atoms with E-state index in [0.717, 1.165) is 15.0 Å². The number of hydrogen-bond acceptors (Lipinski definition) is 7. The van der Waals surface area contributed by atoms with Crippen molar-refractivity contribution in [2.75, 3.05) is 18.4 Å². The second kappa shape index (κ2) is 12.0. The summed E-state index contributed by atoms with van der Waals surface area (Å²) in [5.41, 5.74) is 3.14. The molecule has 14 nitrogen and oxygen atoms in total. The van der Waals surface area contributed by atoms with Gasteiger partial charge in [-0.1, -0.05) is 6.92 Å². The Kier molecular flexibility index (Phi) is 8.77. The van der Waals surface area contributed by atoms with Gasteiger partial charge < -0.3 is 20.5 Å². The Morgan fingerprint density at radius 3 is 2.46 bits per heavy atom. The molecule has 2 atom stereocenters. The summed E-state index contributed by atoms with van der Waals surface area (Å²) in [4.78, 5) is 85.6. The van der Waals surface area contributed by atoms with Crippen LogP contribution in [-0.2, 0) is 24.0 Å². The van der Waals surface area contributed by atoms with E-state index >= 15 is 0 Å². The van der Waals surface area contributed by atoms with E-state index in [1.165, 1.54) is 24.3 Å². The molecular weight excluding hydrogens is 488 g/mol. The smallest absolute Gasteiger partial charge is 0.358 e. The van der Waals surface area contributed by atoms with Crippen molar-refractivity contribution < 1.29 is 38.7 Å². The van der Waals surface area contributed by atoms with E-state index in [0.29, 0.717) is 18.5 Å². The Balaban J connectivity index is 1.76. The fraction of sp³-hybridized carbons (Fsp3) is 0.435. The van der Waals surface area contributed by atoms with Gasteiger partial charge in [-0.25, -0.2) is 19.8 Å². The molecule has 0 bridgehead atoms. The molecule has 0 saturated carbocycles. The Morgan fingerprint density at radius 2 is 1.84 bits per heavy atom. The summed E-state index contributed by atoms with van der Waals surface area (Å²) < 4.78 is 0. The van der Waals surface area contributed by atoms with Crippen LogP contribution in [0.15, 0.2) is 24.3 Å². The largest absolute Gasteiger partial charge is 0.481 e. The van der Waals surface area contributed by atoms with Gasteiger partial charge in [-0.3, -0.25) is 29.4 Å². The Bertz CT molecular complexity index is 1090. The molecule has 1 aromatic rings. The normalized spacial score (nSPS) is 18.3. The molecule has 2 aliphatic heterocycles. The highest BCUT2D eigenvalue weighted by Gasteiger charge is 2.44. The summed E-state index contributed by atoms with van der Waals surface area (Å²) in [5.74, 6) is -3.36. The Hall–Kier alpha value is -4.49. The fourth-order valence-electron chi connectivity index (χ4n) is 3.96. The molecule has 0 radical (unpaired) electrons. The summed E-state index contributed by atoms with van der Waals surface area (Å²) in [7, 11) is 0. The quantitative estimate of drug-likeness (QED) is 0.327. The van der Waals surface area contributed by atoms with E-state index in [4.69, 9.17) is 5.11 Å². The number of aliphatic carboxylic acids is 1. The first kappa shape index (κ1) is 27.1. The summed E-state index contributed by atoms with van der Waals surface area (Å²) in [6, 6.07) is 2.65. The zero-order chi connectivity index (χ0) is 27.1. The highest BCUT2D eigenvalue weighted by Crippen LogP contribution is 2.24. The third-order valence-corrected chi connectivity index (χ3v) is 5.84. The third-order valence-electron chi connectivity index (χ3n) is 5.84. The van der Waals surface area contributed by atoms with Crippen molar-refractivity contribution >= 4 is 47.6 Å². The van der Waals surface area contributed by atoms with Crippen LogP contribution in [0, 0.1) is 0 Å². The van der Waals surface area contributed by atoms with Crippen LogP contribution >= 0.6 is 0 Å².